The number of nitro benzene ring substituents is 1. The van der Waals surface area contributed by atoms with Gasteiger partial charge in [0, 0.05) is 30.3 Å². The molecule has 5 nitrogen and oxygen atoms in total. The molecule has 2 atom stereocenters. The molecule has 1 saturated carbocycles. The summed E-state index contributed by atoms with van der Waals surface area (Å²) in [5.74, 6) is 1.42. The van der Waals surface area contributed by atoms with E-state index in [1.165, 1.54) is 38.2 Å². The van der Waals surface area contributed by atoms with Gasteiger partial charge in [-0.3, -0.25) is 10.1 Å². The molecule has 0 saturated heterocycles. The lowest BCUT2D eigenvalue weighted by Crippen LogP contribution is -2.37. The zero-order valence-electron chi connectivity index (χ0n) is 12.8. The molecule has 0 radical (unpaired) electrons. The second-order valence-electron chi connectivity index (χ2n) is 5.69. The normalized spacial score (nSPS) is 22.0. The van der Waals surface area contributed by atoms with Crippen molar-refractivity contribution in [3.63, 3.8) is 0 Å². The van der Waals surface area contributed by atoms with Gasteiger partial charge < -0.3 is 10.1 Å². The second kappa shape index (κ2) is 7.41. The number of nitrogens with one attached hydrogen (secondary N) is 1. The summed E-state index contributed by atoms with van der Waals surface area (Å²) in [5.41, 5.74) is 0.968. The molecule has 0 aliphatic heterocycles. The topological polar surface area (TPSA) is 64.4 Å². The Balaban J connectivity index is 2.07. The predicted molar refractivity (Wildman–Crippen MR) is 82.5 cm³/mol. The number of rotatable bonds is 6. The highest BCUT2D eigenvalue weighted by Gasteiger charge is 2.23. The van der Waals surface area contributed by atoms with Gasteiger partial charge in [-0.25, -0.2) is 0 Å². The van der Waals surface area contributed by atoms with Crippen LogP contribution < -0.4 is 10.1 Å². The summed E-state index contributed by atoms with van der Waals surface area (Å²) < 4.78 is 5.31. The van der Waals surface area contributed by atoms with Gasteiger partial charge in [-0.2, -0.15) is 0 Å². The largest absolute Gasteiger partial charge is 0.496 e. The van der Waals surface area contributed by atoms with Gasteiger partial charge in [0.15, 0.2) is 0 Å². The minimum atomic E-state index is -0.363. The van der Waals surface area contributed by atoms with Crippen molar-refractivity contribution in [3.8, 4) is 5.75 Å². The number of non-ortho nitro benzene ring substituents is 1. The van der Waals surface area contributed by atoms with Gasteiger partial charge >= 0.3 is 0 Å². The van der Waals surface area contributed by atoms with Gasteiger partial charge in [-0.1, -0.05) is 26.2 Å². The van der Waals surface area contributed by atoms with Crippen molar-refractivity contribution in [1.82, 2.24) is 5.32 Å². The van der Waals surface area contributed by atoms with E-state index in [0.29, 0.717) is 24.3 Å². The molecule has 1 fully saturated rings. The molecule has 0 spiro atoms. The Bertz CT molecular complexity index is 490. The van der Waals surface area contributed by atoms with Gasteiger partial charge in [0.05, 0.1) is 12.0 Å². The van der Waals surface area contributed by atoms with Crippen molar-refractivity contribution in [1.29, 1.82) is 0 Å². The van der Waals surface area contributed by atoms with Crippen LogP contribution in [0, 0.1) is 16.0 Å². The fourth-order valence-electron chi connectivity index (χ4n) is 3.22. The summed E-state index contributed by atoms with van der Waals surface area (Å²) in [6.45, 7) is 2.85. The van der Waals surface area contributed by atoms with Gasteiger partial charge in [-0.15, -0.1) is 0 Å². The Morgan fingerprint density at radius 1 is 1.38 bits per heavy atom. The second-order valence-corrected chi connectivity index (χ2v) is 5.69. The molecule has 0 aromatic heterocycles. The van der Waals surface area contributed by atoms with E-state index in [-0.39, 0.29) is 10.6 Å². The molecule has 2 rings (SSSR count). The Morgan fingerprint density at radius 3 is 2.81 bits per heavy atom. The van der Waals surface area contributed by atoms with Crippen LogP contribution in [0.25, 0.3) is 0 Å². The monoisotopic (exact) mass is 292 g/mol. The maximum Gasteiger partial charge on any atom is 0.270 e. The highest BCUT2D eigenvalue weighted by molar-refractivity contribution is 5.43. The summed E-state index contributed by atoms with van der Waals surface area (Å²) >= 11 is 0. The first kappa shape index (κ1) is 15.8. The Hall–Kier alpha value is -1.62. The van der Waals surface area contributed by atoms with Crippen LogP contribution in [-0.4, -0.2) is 18.1 Å². The third kappa shape index (κ3) is 3.94. The SMILES string of the molecule is CCC1CCCCC1NCc1cc([N+](=O)[O-])ccc1OC. The fourth-order valence-corrected chi connectivity index (χ4v) is 3.22. The van der Waals surface area contributed by atoms with E-state index in [1.807, 2.05) is 0 Å². The highest BCUT2D eigenvalue weighted by Crippen LogP contribution is 2.28. The minimum absolute atomic E-state index is 0.114. The summed E-state index contributed by atoms with van der Waals surface area (Å²) in [4.78, 5) is 10.5. The lowest BCUT2D eigenvalue weighted by atomic mass is 9.83. The number of nitrogens with zero attached hydrogens (tertiary/aromatic N) is 1. The number of methoxy groups -OCH3 is 1. The third-order valence-corrected chi connectivity index (χ3v) is 4.46. The summed E-state index contributed by atoms with van der Waals surface area (Å²) in [5, 5.41) is 14.5. The molecular weight excluding hydrogens is 268 g/mol. The number of benzene rings is 1. The van der Waals surface area contributed by atoms with Gasteiger partial charge in [0.25, 0.3) is 5.69 Å². The quantitative estimate of drug-likeness (QED) is 0.642. The fraction of sp³-hybridized carbons (Fsp3) is 0.625. The van der Waals surface area contributed by atoms with E-state index < -0.39 is 0 Å². The molecule has 2 unspecified atom stereocenters. The number of ether oxygens (including phenoxy) is 1. The summed E-state index contributed by atoms with van der Waals surface area (Å²) in [7, 11) is 1.60. The van der Waals surface area contributed by atoms with Crippen molar-refractivity contribution < 1.29 is 9.66 Å². The standard InChI is InChI=1S/C16H24N2O3/c1-3-12-6-4-5-7-15(12)17-11-13-10-14(18(19)20)8-9-16(13)21-2/h8-10,12,15,17H,3-7,11H2,1-2H3. The summed E-state index contributed by atoms with van der Waals surface area (Å²) in [6, 6.07) is 5.27. The average Bonchev–Trinajstić information content (AvgIpc) is 2.52. The van der Waals surface area contributed by atoms with Crippen molar-refractivity contribution in [2.75, 3.05) is 7.11 Å². The van der Waals surface area contributed by atoms with Crippen molar-refractivity contribution in [3.05, 3.63) is 33.9 Å². The van der Waals surface area contributed by atoms with Gasteiger partial charge in [-0.05, 0) is 24.8 Å². The first-order valence-corrected chi connectivity index (χ1v) is 7.70. The highest BCUT2D eigenvalue weighted by atomic mass is 16.6. The number of nitro groups is 1. The van der Waals surface area contributed by atoms with Crippen LogP contribution in [0.4, 0.5) is 5.69 Å². The molecule has 21 heavy (non-hydrogen) atoms. The molecule has 0 amide bonds. The number of hydrogen-bond acceptors (Lipinski definition) is 4. The van der Waals surface area contributed by atoms with Gasteiger partial charge in [0.1, 0.15) is 5.75 Å². The number of hydrogen-bond donors (Lipinski definition) is 1. The van der Waals surface area contributed by atoms with E-state index in [9.17, 15) is 10.1 Å². The van der Waals surface area contributed by atoms with Crippen LogP contribution in [0.15, 0.2) is 18.2 Å². The average molecular weight is 292 g/mol. The maximum atomic E-state index is 10.9. The lowest BCUT2D eigenvalue weighted by Gasteiger charge is -2.31. The first-order valence-electron chi connectivity index (χ1n) is 7.70. The molecule has 0 bridgehead atoms. The smallest absolute Gasteiger partial charge is 0.270 e. The molecule has 1 aliphatic carbocycles. The molecule has 1 N–H and O–H groups in total. The zero-order chi connectivity index (χ0) is 15.2. The maximum absolute atomic E-state index is 10.9. The Labute approximate surface area is 125 Å². The zero-order valence-corrected chi connectivity index (χ0v) is 12.8. The molecule has 1 aromatic carbocycles. The van der Waals surface area contributed by atoms with Crippen LogP contribution in [0.3, 0.4) is 0 Å². The van der Waals surface area contributed by atoms with Crippen LogP contribution >= 0.6 is 0 Å². The molecule has 116 valence electrons. The van der Waals surface area contributed by atoms with Crippen LogP contribution in [0.2, 0.25) is 0 Å². The first-order chi connectivity index (χ1) is 10.2. The molecule has 1 aromatic rings. The van der Waals surface area contributed by atoms with Crippen LogP contribution in [0.1, 0.15) is 44.6 Å². The van der Waals surface area contributed by atoms with Crippen molar-refractivity contribution >= 4 is 5.69 Å². The summed E-state index contributed by atoms with van der Waals surface area (Å²) in [6.07, 6.45) is 6.23. The van der Waals surface area contributed by atoms with E-state index >= 15 is 0 Å². The Kier molecular flexibility index (Phi) is 5.56. The predicted octanol–water partition coefficient (Wildman–Crippen LogP) is 3.66. The third-order valence-electron chi connectivity index (χ3n) is 4.46. The van der Waals surface area contributed by atoms with Crippen LogP contribution in [0.5, 0.6) is 5.75 Å². The minimum Gasteiger partial charge on any atom is -0.496 e. The molecular formula is C16H24N2O3. The Morgan fingerprint density at radius 2 is 2.14 bits per heavy atom. The van der Waals surface area contributed by atoms with Crippen molar-refractivity contribution in [2.24, 2.45) is 5.92 Å². The van der Waals surface area contributed by atoms with E-state index in [4.69, 9.17) is 4.74 Å². The molecule has 1 aliphatic rings. The van der Waals surface area contributed by atoms with E-state index in [1.54, 1.807) is 19.2 Å². The van der Waals surface area contributed by atoms with E-state index in [0.717, 1.165) is 5.56 Å². The van der Waals surface area contributed by atoms with Gasteiger partial charge in [0.2, 0.25) is 0 Å². The molecule has 5 heteroatoms. The van der Waals surface area contributed by atoms with Crippen LogP contribution in [-0.2, 0) is 6.54 Å². The lowest BCUT2D eigenvalue weighted by molar-refractivity contribution is -0.384. The van der Waals surface area contributed by atoms with E-state index in [2.05, 4.69) is 12.2 Å². The molecule has 0 heterocycles. The van der Waals surface area contributed by atoms with Crippen molar-refractivity contribution in [2.45, 2.75) is 51.6 Å².